The average molecular weight is 281 g/mol. The normalized spacial score (nSPS) is 11.2. The Hall–Kier alpha value is -1.84. The van der Waals surface area contributed by atoms with E-state index in [1.54, 1.807) is 0 Å². The van der Waals surface area contributed by atoms with Crippen molar-refractivity contribution in [2.75, 3.05) is 13.1 Å². The maximum atomic E-state index is 12.3. The van der Waals surface area contributed by atoms with Crippen LogP contribution in [0.4, 0.5) is 0 Å². The molecule has 0 bridgehead atoms. The zero-order chi connectivity index (χ0) is 14.5. The molecule has 0 amide bonds. The summed E-state index contributed by atoms with van der Waals surface area (Å²) in [6.07, 6.45) is 5.79. The first-order valence-electron chi connectivity index (χ1n) is 5.70. The zero-order valence-corrected chi connectivity index (χ0v) is 11.4. The quantitative estimate of drug-likeness (QED) is 0.800. The van der Waals surface area contributed by atoms with E-state index in [0.29, 0.717) is 13.0 Å². The molecule has 6 heteroatoms. The average Bonchev–Trinajstić information content (AvgIpc) is 2.38. The summed E-state index contributed by atoms with van der Waals surface area (Å²) in [6.45, 7) is 2.10. The molecule has 0 radical (unpaired) electrons. The highest BCUT2D eigenvalue weighted by atomic mass is 32.2. The van der Waals surface area contributed by atoms with Gasteiger partial charge in [-0.2, -0.15) is 4.31 Å². The van der Waals surface area contributed by atoms with Crippen LogP contribution < -0.4 is 0 Å². The number of terminal acetylenes is 1. The molecule has 0 heterocycles. The van der Waals surface area contributed by atoms with Crippen molar-refractivity contribution in [3.63, 3.8) is 0 Å². The van der Waals surface area contributed by atoms with Crippen molar-refractivity contribution in [1.82, 2.24) is 4.31 Å². The lowest BCUT2D eigenvalue weighted by molar-refractivity contribution is 0.0696. The number of aromatic carboxylic acids is 1. The second-order valence-electron chi connectivity index (χ2n) is 3.88. The third-order valence-electron chi connectivity index (χ3n) is 2.46. The van der Waals surface area contributed by atoms with Crippen LogP contribution in [0.25, 0.3) is 0 Å². The van der Waals surface area contributed by atoms with Crippen LogP contribution in [-0.4, -0.2) is 36.9 Å². The Kier molecular flexibility index (Phi) is 5.10. The van der Waals surface area contributed by atoms with Crippen LogP contribution >= 0.6 is 0 Å². The summed E-state index contributed by atoms with van der Waals surface area (Å²) >= 11 is 0. The van der Waals surface area contributed by atoms with Crippen molar-refractivity contribution in [3.8, 4) is 12.3 Å². The van der Waals surface area contributed by atoms with Crippen molar-refractivity contribution < 1.29 is 18.3 Å². The van der Waals surface area contributed by atoms with Gasteiger partial charge in [-0.3, -0.25) is 0 Å². The number of nitrogens with zero attached hydrogens (tertiary/aromatic N) is 1. The molecule has 0 aliphatic rings. The van der Waals surface area contributed by atoms with E-state index in [9.17, 15) is 13.2 Å². The summed E-state index contributed by atoms with van der Waals surface area (Å²) in [4.78, 5) is 10.8. The number of carboxylic acid groups (broad SMARTS) is 1. The van der Waals surface area contributed by atoms with E-state index in [-0.39, 0.29) is 17.0 Å². The smallest absolute Gasteiger partial charge is 0.335 e. The first kappa shape index (κ1) is 15.2. The Morgan fingerprint density at radius 1 is 1.47 bits per heavy atom. The van der Waals surface area contributed by atoms with Gasteiger partial charge >= 0.3 is 5.97 Å². The van der Waals surface area contributed by atoms with E-state index < -0.39 is 16.0 Å². The third-order valence-corrected chi connectivity index (χ3v) is 4.30. The molecular formula is C13H15NO4S. The zero-order valence-electron chi connectivity index (χ0n) is 10.5. The van der Waals surface area contributed by atoms with Crippen LogP contribution in [0.1, 0.15) is 23.7 Å². The number of carboxylic acids is 1. The van der Waals surface area contributed by atoms with E-state index in [1.807, 2.05) is 6.92 Å². The molecule has 1 aromatic rings. The molecule has 0 fully saturated rings. The lowest BCUT2D eigenvalue weighted by atomic mass is 10.2. The largest absolute Gasteiger partial charge is 0.478 e. The lowest BCUT2D eigenvalue weighted by Crippen LogP contribution is -2.32. The van der Waals surface area contributed by atoms with Crippen molar-refractivity contribution >= 4 is 16.0 Å². The van der Waals surface area contributed by atoms with Gasteiger partial charge < -0.3 is 5.11 Å². The number of hydrogen-bond acceptors (Lipinski definition) is 3. The monoisotopic (exact) mass is 281 g/mol. The highest BCUT2D eigenvalue weighted by molar-refractivity contribution is 7.89. The molecule has 1 rings (SSSR count). The molecule has 102 valence electrons. The molecule has 1 aromatic carbocycles. The van der Waals surface area contributed by atoms with Crippen LogP contribution in [0.15, 0.2) is 29.2 Å². The van der Waals surface area contributed by atoms with Gasteiger partial charge in [-0.1, -0.05) is 18.9 Å². The summed E-state index contributed by atoms with van der Waals surface area (Å²) in [5, 5.41) is 8.88. The fourth-order valence-corrected chi connectivity index (χ4v) is 3.07. The van der Waals surface area contributed by atoms with Gasteiger partial charge in [0, 0.05) is 6.54 Å². The molecule has 0 aliphatic heterocycles. The maximum absolute atomic E-state index is 12.3. The molecule has 0 saturated heterocycles. The van der Waals surface area contributed by atoms with Gasteiger partial charge in [0.1, 0.15) is 0 Å². The Morgan fingerprint density at radius 3 is 2.68 bits per heavy atom. The van der Waals surface area contributed by atoms with Crippen molar-refractivity contribution in [1.29, 1.82) is 0 Å². The Balaban J connectivity index is 3.21. The molecule has 0 unspecified atom stereocenters. The topological polar surface area (TPSA) is 74.7 Å². The van der Waals surface area contributed by atoms with Crippen LogP contribution in [0.3, 0.4) is 0 Å². The molecule has 5 nitrogen and oxygen atoms in total. The predicted octanol–water partition coefficient (Wildman–Crippen LogP) is 1.42. The fraction of sp³-hybridized carbons (Fsp3) is 0.308. The molecule has 0 atom stereocenters. The van der Waals surface area contributed by atoms with Gasteiger partial charge in [0.05, 0.1) is 17.0 Å². The second kappa shape index (κ2) is 6.36. The van der Waals surface area contributed by atoms with E-state index in [1.165, 1.54) is 18.2 Å². The van der Waals surface area contributed by atoms with Gasteiger partial charge in [0.25, 0.3) is 0 Å². The highest BCUT2D eigenvalue weighted by Gasteiger charge is 2.23. The number of hydrogen-bond donors (Lipinski definition) is 1. The van der Waals surface area contributed by atoms with Crippen LogP contribution in [0.2, 0.25) is 0 Å². The van der Waals surface area contributed by atoms with E-state index in [4.69, 9.17) is 11.5 Å². The minimum Gasteiger partial charge on any atom is -0.478 e. The Bertz CT molecular complexity index is 601. The van der Waals surface area contributed by atoms with E-state index >= 15 is 0 Å². The summed E-state index contributed by atoms with van der Waals surface area (Å²) in [6, 6.07) is 5.24. The Morgan fingerprint density at radius 2 is 2.16 bits per heavy atom. The summed E-state index contributed by atoms with van der Waals surface area (Å²) in [5.74, 6) is 1.13. The number of benzene rings is 1. The number of sulfonamides is 1. The first-order chi connectivity index (χ1) is 8.93. The molecule has 19 heavy (non-hydrogen) atoms. The highest BCUT2D eigenvalue weighted by Crippen LogP contribution is 2.17. The first-order valence-corrected chi connectivity index (χ1v) is 7.14. The van der Waals surface area contributed by atoms with Gasteiger partial charge in [0.2, 0.25) is 10.0 Å². The van der Waals surface area contributed by atoms with E-state index in [0.717, 1.165) is 10.4 Å². The summed E-state index contributed by atoms with van der Waals surface area (Å²) in [5.41, 5.74) is -0.0711. The maximum Gasteiger partial charge on any atom is 0.335 e. The fourth-order valence-electron chi connectivity index (χ4n) is 1.57. The Labute approximate surface area is 112 Å². The number of rotatable bonds is 6. The summed E-state index contributed by atoms with van der Waals surface area (Å²) < 4.78 is 25.8. The number of carbonyl (C=O) groups is 1. The minimum atomic E-state index is -3.75. The van der Waals surface area contributed by atoms with Gasteiger partial charge in [-0.25, -0.2) is 13.2 Å². The minimum absolute atomic E-state index is 0.0343. The standard InChI is InChI=1S/C13H15NO4S/c1-3-8-14(9-4-2)19(17,18)12-7-5-6-11(10-12)13(15)16/h1,5-7,10H,4,8-9H2,2H3,(H,15,16). The van der Waals surface area contributed by atoms with Crippen LogP contribution in [0.5, 0.6) is 0 Å². The van der Waals surface area contributed by atoms with Gasteiger partial charge in [-0.05, 0) is 24.6 Å². The van der Waals surface area contributed by atoms with Gasteiger partial charge in [0.15, 0.2) is 0 Å². The third kappa shape index (κ3) is 3.56. The van der Waals surface area contributed by atoms with Crippen molar-refractivity contribution in [2.45, 2.75) is 18.2 Å². The van der Waals surface area contributed by atoms with Crippen molar-refractivity contribution in [2.24, 2.45) is 0 Å². The van der Waals surface area contributed by atoms with E-state index in [2.05, 4.69) is 5.92 Å². The van der Waals surface area contributed by atoms with Crippen LogP contribution in [0, 0.1) is 12.3 Å². The molecule has 0 saturated carbocycles. The molecular weight excluding hydrogens is 266 g/mol. The molecule has 0 aliphatic carbocycles. The second-order valence-corrected chi connectivity index (χ2v) is 5.81. The SMILES string of the molecule is C#CCN(CCC)S(=O)(=O)c1cccc(C(=O)O)c1. The summed E-state index contributed by atoms with van der Waals surface area (Å²) in [7, 11) is -3.75. The van der Waals surface area contributed by atoms with Gasteiger partial charge in [-0.15, -0.1) is 6.42 Å². The molecule has 0 spiro atoms. The van der Waals surface area contributed by atoms with Crippen LogP contribution in [-0.2, 0) is 10.0 Å². The lowest BCUT2D eigenvalue weighted by Gasteiger charge is -2.19. The predicted molar refractivity (Wildman–Crippen MR) is 71.3 cm³/mol. The molecule has 0 aromatic heterocycles. The van der Waals surface area contributed by atoms with Crippen molar-refractivity contribution in [3.05, 3.63) is 29.8 Å². The molecule has 1 N–H and O–H groups in total.